The van der Waals surface area contributed by atoms with E-state index in [0.717, 1.165) is 35.4 Å². The highest BCUT2D eigenvalue weighted by Gasteiger charge is 2.35. The van der Waals surface area contributed by atoms with Crippen LogP contribution in [-0.4, -0.2) is 30.1 Å². The number of rotatable bonds is 7. The molecule has 2 atom stereocenters. The van der Waals surface area contributed by atoms with Gasteiger partial charge in [0.05, 0.1) is 12.7 Å². The third-order valence-electron chi connectivity index (χ3n) is 5.21. The van der Waals surface area contributed by atoms with Gasteiger partial charge in [0, 0.05) is 5.92 Å². The third kappa shape index (κ3) is 5.78. The highest BCUT2D eigenvalue weighted by Crippen LogP contribution is 2.31. The van der Waals surface area contributed by atoms with Gasteiger partial charge >= 0.3 is 12.1 Å². The minimum atomic E-state index is -4.54. The molecule has 33 heavy (non-hydrogen) atoms. The maximum absolute atomic E-state index is 12.8. The number of aliphatic hydroxyl groups is 1. The lowest BCUT2D eigenvalue weighted by atomic mass is 9.84. The summed E-state index contributed by atoms with van der Waals surface area (Å²) in [5.41, 5.74) is 0.506. The standard InChI is InChI=1S/C25H22F3NO4/c1-33-24(32)21(20(16-8-4-2-5-9-16)17-10-6-3-7-11-17)29-23(31)22(30)18-12-14-19(15-13-18)25(26,27)28/h2-15,20-22,30H,1H3,(H,29,31)/t21-,22+/m0/s1. The highest BCUT2D eigenvalue weighted by atomic mass is 19.4. The SMILES string of the molecule is COC(=O)[C@@H](NC(=O)[C@H](O)c1ccc(C(F)(F)F)cc1)C(c1ccccc1)c1ccccc1. The quantitative estimate of drug-likeness (QED) is 0.521. The summed E-state index contributed by atoms with van der Waals surface area (Å²) in [5, 5.41) is 13.0. The highest BCUT2D eigenvalue weighted by molar-refractivity contribution is 5.88. The van der Waals surface area contributed by atoms with Crippen molar-refractivity contribution in [3.05, 3.63) is 107 Å². The summed E-state index contributed by atoms with van der Waals surface area (Å²) >= 11 is 0. The lowest BCUT2D eigenvalue weighted by Gasteiger charge is -2.28. The van der Waals surface area contributed by atoms with Crippen molar-refractivity contribution in [1.29, 1.82) is 0 Å². The van der Waals surface area contributed by atoms with Crippen LogP contribution >= 0.6 is 0 Å². The van der Waals surface area contributed by atoms with Crippen LogP contribution in [0.25, 0.3) is 0 Å². The Bertz CT molecular complexity index is 1030. The van der Waals surface area contributed by atoms with Crippen LogP contribution in [0.3, 0.4) is 0 Å². The van der Waals surface area contributed by atoms with Crippen molar-refractivity contribution in [2.45, 2.75) is 24.2 Å². The molecule has 0 bridgehead atoms. The van der Waals surface area contributed by atoms with Gasteiger partial charge in [-0.1, -0.05) is 72.8 Å². The van der Waals surface area contributed by atoms with Crippen LogP contribution in [0.1, 0.15) is 34.3 Å². The van der Waals surface area contributed by atoms with Crippen LogP contribution in [0, 0.1) is 0 Å². The predicted molar refractivity (Wildman–Crippen MR) is 115 cm³/mol. The van der Waals surface area contributed by atoms with Crippen LogP contribution < -0.4 is 5.32 Å². The number of hydrogen-bond donors (Lipinski definition) is 2. The van der Waals surface area contributed by atoms with Crippen LogP contribution in [0.15, 0.2) is 84.9 Å². The third-order valence-corrected chi connectivity index (χ3v) is 5.21. The van der Waals surface area contributed by atoms with Gasteiger partial charge in [0.2, 0.25) is 0 Å². The number of aliphatic hydroxyl groups excluding tert-OH is 1. The van der Waals surface area contributed by atoms with E-state index in [1.807, 2.05) is 12.1 Å². The normalized spacial score (nSPS) is 13.3. The Hall–Kier alpha value is -3.65. The minimum Gasteiger partial charge on any atom is -0.467 e. The Morgan fingerprint density at radius 1 is 0.818 bits per heavy atom. The van der Waals surface area contributed by atoms with Gasteiger partial charge in [-0.15, -0.1) is 0 Å². The van der Waals surface area contributed by atoms with E-state index in [4.69, 9.17) is 4.74 Å². The van der Waals surface area contributed by atoms with Gasteiger partial charge in [0.25, 0.3) is 5.91 Å². The van der Waals surface area contributed by atoms with E-state index in [2.05, 4.69) is 5.32 Å². The van der Waals surface area contributed by atoms with Gasteiger partial charge in [0.1, 0.15) is 6.04 Å². The first-order chi connectivity index (χ1) is 15.7. The number of benzene rings is 3. The van der Waals surface area contributed by atoms with E-state index in [0.29, 0.717) is 0 Å². The zero-order valence-corrected chi connectivity index (χ0v) is 17.6. The van der Waals surface area contributed by atoms with E-state index in [1.165, 1.54) is 7.11 Å². The number of amides is 1. The van der Waals surface area contributed by atoms with E-state index < -0.39 is 41.7 Å². The Labute approximate surface area is 188 Å². The largest absolute Gasteiger partial charge is 0.467 e. The second-order valence-electron chi connectivity index (χ2n) is 7.33. The molecule has 0 spiro atoms. The van der Waals surface area contributed by atoms with Gasteiger partial charge in [-0.2, -0.15) is 13.2 Å². The van der Waals surface area contributed by atoms with Crippen molar-refractivity contribution >= 4 is 11.9 Å². The average molecular weight is 457 g/mol. The summed E-state index contributed by atoms with van der Waals surface area (Å²) in [6.07, 6.45) is -6.33. The molecule has 0 fully saturated rings. The lowest BCUT2D eigenvalue weighted by molar-refractivity contribution is -0.146. The minimum absolute atomic E-state index is 0.0416. The Morgan fingerprint density at radius 3 is 1.73 bits per heavy atom. The molecule has 0 saturated heterocycles. The fourth-order valence-electron chi connectivity index (χ4n) is 3.54. The van der Waals surface area contributed by atoms with Gasteiger partial charge in [-0.05, 0) is 28.8 Å². The van der Waals surface area contributed by atoms with Gasteiger partial charge in [-0.3, -0.25) is 4.79 Å². The Kier molecular flexibility index (Phi) is 7.50. The molecule has 1 amide bonds. The molecule has 0 aliphatic carbocycles. The van der Waals surface area contributed by atoms with Crippen LogP contribution in [0.5, 0.6) is 0 Å². The molecule has 0 unspecified atom stereocenters. The predicted octanol–water partition coefficient (Wildman–Crippen LogP) is 4.23. The van der Waals surface area contributed by atoms with Gasteiger partial charge in [-0.25, -0.2) is 4.79 Å². The van der Waals surface area contributed by atoms with Crippen molar-refractivity contribution < 1.29 is 32.6 Å². The fourth-order valence-corrected chi connectivity index (χ4v) is 3.54. The summed E-state index contributed by atoms with van der Waals surface area (Å²) in [5.74, 6) is -2.31. The number of alkyl halides is 3. The van der Waals surface area contributed by atoms with Crippen molar-refractivity contribution in [3.63, 3.8) is 0 Å². The van der Waals surface area contributed by atoms with Crippen LogP contribution in [0.4, 0.5) is 13.2 Å². The van der Waals surface area contributed by atoms with E-state index >= 15 is 0 Å². The number of ether oxygens (including phenoxy) is 1. The number of methoxy groups -OCH3 is 1. The molecule has 5 nitrogen and oxygen atoms in total. The zero-order valence-electron chi connectivity index (χ0n) is 17.6. The van der Waals surface area contributed by atoms with Crippen molar-refractivity contribution in [2.24, 2.45) is 0 Å². The summed E-state index contributed by atoms with van der Waals surface area (Å²) in [7, 11) is 1.18. The summed E-state index contributed by atoms with van der Waals surface area (Å²) in [4.78, 5) is 25.5. The molecule has 172 valence electrons. The van der Waals surface area contributed by atoms with E-state index in [-0.39, 0.29) is 5.56 Å². The van der Waals surface area contributed by atoms with E-state index in [1.54, 1.807) is 48.5 Å². The Morgan fingerprint density at radius 2 is 1.30 bits per heavy atom. The molecule has 0 radical (unpaired) electrons. The maximum Gasteiger partial charge on any atom is 0.416 e. The number of nitrogens with one attached hydrogen (secondary N) is 1. The molecule has 0 aliphatic heterocycles. The van der Waals surface area contributed by atoms with Gasteiger partial charge < -0.3 is 15.2 Å². The zero-order chi connectivity index (χ0) is 24.0. The molecule has 8 heteroatoms. The molecule has 0 aromatic heterocycles. The molecular weight excluding hydrogens is 435 g/mol. The topological polar surface area (TPSA) is 75.6 Å². The average Bonchev–Trinajstić information content (AvgIpc) is 2.83. The van der Waals surface area contributed by atoms with E-state index in [9.17, 15) is 27.9 Å². The lowest BCUT2D eigenvalue weighted by Crippen LogP contribution is -2.47. The monoisotopic (exact) mass is 457 g/mol. The molecule has 3 aromatic rings. The van der Waals surface area contributed by atoms with Crippen LogP contribution in [-0.2, 0) is 20.5 Å². The first kappa shape index (κ1) is 24.0. The van der Waals surface area contributed by atoms with Gasteiger partial charge in [0.15, 0.2) is 6.10 Å². The first-order valence-corrected chi connectivity index (χ1v) is 10.1. The van der Waals surface area contributed by atoms with Crippen molar-refractivity contribution in [2.75, 3.05) is 7.11 Å². The van der Waals surface area contributed by atoms with Crippen LogP contribution in [0.2, 0.25) is 0 Å². The second kappa shape index (κ2) is 10.3. The fraction of sp³-hybridized carbons (Fsp3) is 0.200. The number of carbonyl (C=O) groups excluding carboxylic acids is 2. The molecule has 0 saturated carbocycles. The number of esters is 1. The first-order valence-electron chi connectivity index (χ1n) is 10.1. The maximum atomic E-state index is 12.8. The number of hydrogen-bond acceptors (Lipinski definition) is 4. The molecule has 3 aromatic carbocycles. The Balaban J connectivity index is 1.92. The summed E-state index contributed by atoms with van der Waals surface area (Å²) in [6.45, 7) is 0. The number of halogens is 3. The second-order valence-corrected chi connectivity index (χ2v) is 7.33. The molecule has 0 aliphatic rings. The molecule has 2 N–H and O–H groups in total. The van der Waals surface area contributed by atoms with Crippen molar-refractivity contribution in [3.8, 4) is 0 Å². The number of carbonyl (C=O) groups is 2. The van der Waals surface area contributed by atoms with Crippen molar-refractivity contribution in [1.82, 2.24) is 5.32 Å². The molecule has 0 heterocycles. The summed E-state index contributed by atoms with van der Waals surface area (Å²) < 4.78 is 43.3. The molecule has 3 rings (SSSR count). The summed E-state index contributed by atoms with van der Waals surface area (Å²) in [6, 6.07) is 20.4. The smallest absolute Gasteiger partial charge is 0.416 e. The molecular formula is C25H22F3NO4.